The Morgan fingerprint density at radius 3 is 2.77 bits per heavy atom. The number of carbonyl (C=O) groups is 4. The first kappa shape index (κ1) is 28.4. The molecule has 0 spiro atoms. The fraction of sp³-hybridized carbons (Fsp3) is 0.708. The van der Waals surface area contributed by atoms with Crippen molar-refractivity contribution in [1.82, 2.24) is 40.6 Å². The highest BCUT2D eigenvalue weighted by molar-refractivity contribution is 8.03. The topological polar surface area (TPSA) is 209 Å². The van der Waals surface area contributed by atoms with E-state index in [-0.39, 0.29) is 65.9 Å². The van der Waals surface area contributed by atoms with Crippen LogP contribution in [-0.4, -0.2) is 119 Å². The van der Waals surface area contributed by atoms with Crippen molar-refractivity contribution in [1.29, 1.82) is 0 Å². The standard InChI is InChI=1S/C24H35N9O6S/c1-11-19-18(12(2)28-17(35)9-31-10-27-29-30-31)23(37)33(19)20(24(38)39)21(11)40-15-6-16(26-7-15)22(36)32-8-13(25)5-14(32)3-4-34/h10-16,18-19,26,34H,3-9,25H2,1-2H3,(H,28,35)(H,38,39)/t11-,12-,13-,14-,15+,16+,18-,19-/m1/s1. The molecule has 3 fully saturated rings. The van der Waals surface area contributed by atoms with E-state index in [0.717, 1.165) is 0 Å². The van der Waals surface area contributed by atoms with E-state index in [1.54, 1.807) is 11.8 Å². The lowest BCUT2D eigenvalue weighted by atomic mass is 9.78. The number of rotatable bonds is 10. The molecular formula is C24H35N9O6S. The van der Waals surface area contributed by atoms with Gasteiger partial charge in [0.05, 0.1) is 18.0 Å². The number of nitrogens with two attached hydrogens (primary N) is 1. The molecule has 0 radical (unpaired) electrons. The first-order chi connectivity index (χ1) is 19.1. The minimum absolute atomic E-state index is 0.0132. The summed E-state index contributed by atoms with van der Waals surface area (Å²) in [5.41, 5.74) is 6.07. The number of nitrogens with one attached hydrogen (secondary N) is 2. The van der Waals surface area contributed by atoms with E-state index >= 15 is 0 Å². The second kappa shape index (κ2) is 11.4. The van der Waals surface area contributed by atoms with Gasteiger partial charge >= 0.3 is 5.97 Å². The number of amides is 3. The van der Waals surface area contributed by atoms with Crippen LogP contribution >= 0.6 is 11.8 Å². The summed E-state index contributed by atoms with van der Waals surface area (Å²) in [6, 6.07) is -1.53. The van der Waals surface area contributed by atoms with Gasteiger partial charge in [-0.3, -0.25) is 14.4 Å². The predicted octanol–water partition coefficient (Wildman–Crippen LogP) is -2.27. The molecule has 218 valence electrons. The molecule has 0 aliphatic carbocycles. The molecule has 40 heavy (non-hydrogen) atoms. The average Bonchev–Trinajstić information content (AvgIpc) is 3.68. The lowest BCUT2D eigenvalue weighted by Gasteiger charge is -2.47. The summed E-state index contributed by atoms with van der Waals surface area (Å²) in [5, 5.41) is 36.1. The van der Waals surface area contributed by atoms with E-state index in [1.807, 2.05) is 6.92 Å². The number of tetrazole rings is 1. The summed E-state index contributed by atoms with van der Waals surface area (Å²) < 4.78 is 1.27. The molecule has 8 atom stereocenters. The molecule has 0 bridgehead atoms. The monoisotopic (exact) mass is 577 g/mol. The predicted molar refractivity (Wildman–Crippen MR) is 141 cm³/mol. The largest absolute Gasteiger partial charge is 0.477 e. The Balaban J connectivity index is 1.23. The summed E-state index contributed by atoms with van der Waals surface area (Å²) >= 11 is 1.41. The van der Waals surface area contributed by atoms with E-state index in [4.69, 9.17) is 5.73 Å². The molecule has 0 unspecified atom stereocenters. The number of aromatic nitrogens is 4. The summed E-state index contributed by atoms with van der Waals surface area (Å²) in [4.78, 5) is 54.9. The van der Waals surface area contributed by atoms with Gasteiger partial charge in [0, 0.05) is 53.9 Å². The number of β-lactam (4-membered cyclic amide) rings is 1. The Labute approximate surface area is 234 Å². The van der Waals surface area contributed by atoms with Crippen LogP contribution in [0, 0.1) is 11.8 Å². The Bertz CT molecular complexity index is 1200. The molecule has 4 aliphatic rings. The van der Waals surface area contributed by atoms with Crippen molar-refractivity contribution >= 4 is 35.5 Å². The summed E-state index contributed by atoms with van der Waals surface area (Å²) in [7, 11) is 0. The fourth-order valence-corrected chi connectivity index (χ4v) is 7.97. The summed E-state index contributed by atoms with van der Waals surface area (Å²) in [6.45, 7) is 4.50. The third-order valence-corrected chi connectivity index (χ3v) is 9.80. The zero-order valence-electron chi connectivity index (χ0n) is 22.3. The molecule has 0 aromatic carbocycles. The van der Waals surface area contributed by atoms with Crippen LogP contribution in [0.5, 0.6) is 0 Å². The van der Waals surface area contributed by atoms with Gasteiger partial charge in [-0.05, 0) is 36.6 Å². The van der Waals surface area contributed by atoms with Gasteiger partial charge in [0.2, 0.25) is 17.7 Å². The summed E-state index contributed by atoms with van der Waals surface area (Å²) in [5.74, 6) is -2.73. The van der Waals surface area contributed by atoms with Gasteiger partial charge in [0.25, 0.3) is 0 Å². The number of aliphatic hydroxyl groups excluding tert-OH is 1. The normalized spacial score (nSPS) is 32.3. The molecule has 1 aromatic rings. The number of hydrogen-bond acceptors (Lipinski definition) is 11. The maximum atomic E-state index is 13.3. The Kier molecular flexibility index (Phi) is 8.13. The Hall–Kier alpha value is -3.08. The van der Waals surface area contributed by atoms with Gasteiger partial charge < -0.3 is 36.4 Å². The van der Waals surface area contributed by atoms with Gasteiger partial charge in [-0.1, -0.05) is 6.92 Å². The fourth-order valence-electron chi connectivity index (χ4n) is 6.49. The molecule has 5 heterocycles. The molecule has 5 rings (SSSR count). The number of aliphatic hydroxyl groups is 1. The second-order valence-corrected chi connectivity index (χ2v) is 12.3. The van der Waals surface area contributed by atoms with Crippen LogP contribution in [0.3, 0.4) is 0 Å². The SMILES string of the molecule is C[C@@H](NC(=O)Cn1cnnn1)[C@H]1C(=O)N2C(C(=O)O)=C(S[C@@H]3CN[C@H](C(=O)N4C[C@H](N)C[C@H]4CCO)C3)[C@H](C)[C@H]12. The van der Waals surface area contributed by atoms with E-state index in [9.17, 15) is 29.4 Å². The smallest absolute Gasteiger partial charge is 0.353 e. The number of aliphatic carboxylic acids is 1. The number of carboxylic acid groups (broad SMARTS) is 1. The molecule has 0 saturated carbocycles. The number of thioether (sulfide) groups is 1. The molecule has 16 heteroatoms. The van der Waals surface area contributed by atoms with Crippen molar-refractivity contribution < 1.29 is 29.4 Å². The van der Waals surface area contributed by atoms with Crippen LogP contribution in [0.25, 0.3) is 0 Å². The Morgan fingerprint density at radius 1 is 1.32 bits per heavy atom. The van der Waals surface area contributed by atoms with E-state index in [0.29, 0.717) is 37.3 Å². The maximum absolute atomic E-state index is 13.3. The minimum atomic E-state index is -1.17. The molecular weight excluding hydrogens is 542 g/mol. The van der Waals surface area contributed by atoms with Gasteiger partial charge in [-0.25, -0.2) is 9.48 Å². The molecule has 1 aromatic heterocycles. The van der Waals surface area contributed by atoms with Crippen molar-refractivity contribution in [2.24, 2.45) is 17.6 Å². The van der Waals surface area contributed by atoms with Crippen molar-refractivity contribution in [2.75, 3.05) is 19.7 Å². The summed E-state index contributed by atoms with van der Waals surface area (Å²) in [6.07, 6.45) is 2.97. The third kappa shape index (κ3) is 5.20. The van der Waals surface area contributed by atoms with Crippen LogP contribution in [-0.2, 0) is 25.7 Å². The van der Waals surface area contributed by atoms with Gasteiger partial charge in [0.1, 0.15) is 18.6 Å². The van der Waals surface area contributed by atoms with Crippen molar-refractivity contribution in [3.8, 4) is 0 Å². The zero-order chi connectivity index (χ0) is 28.7. The number of carboxylic acids is 1. The number of nitrogens with zero attached hydrogens (tertiary/aromatic N) is 6. The van der Waals surface area contributed by atoms with Gasteiger partial charge in [0.15, 0.2) is 0 Å². The highest BCUT2D eigenvalue weighted by atomic mass is 32.2. The van der Waals surface area contributed by atoms with Gasteiger partial charge in [-0.2, -0.15) is 0 Å². The molecule has 3 amide bonds. The zero-order valence-corrected chi connectivity index (χ0v) is 23.2. The second-order valence-electron chi connectivity index (χ2n) is 11.0. The van der Waals surface area contributed by atoms with Crippen LogP contribution in [0.2, 0.25) is 0 Å². The van der Waals surface area contributed by atoms with E-state index in [1.165, 1.54) is 27.7 Å². The molecule has 4 aliphatic heterocycles. The number of carbonyl (C=O) groups excluding carboxylic acids is 3. The van der Waals surface area contributed by atoms with Crippen LogP contribution < -0.4 is 16.4 Å². The molecule has 6 N–H and O–H groups in total. The van der Waals surface area contributed by atoms with Gasteiger partial charge in [-0.15, -0.1) is 16.9 Å². The number of likely N-dealkylation sites (tertiary alicyclic amines) is 1. The van der Waals surface area contributed by atoms with Crippen LogP contribution in [0.1, 0.15) is 33.1 Å². The van der Waals surface area contributed by atoms with Crippen LogP contribution in [0.4, 0.5) is 0 Å². The third-order valence-electron chi connectivity index (χ3n) is 8.29. The highest BCUT2D eigenvalue weighted by Gasteiger charge is 2.60. The number of hydrogen-bond donors (Lipinski definition) is 5. The van der Waals surface area contributed by atoms with Crippen molar-refractivity contribution in [3.63, 3.8) is 0 Å². The van der Waals surface area contributed by atoms with Crippen LogP contribution in [0.15, 0.2) is 16.9 Å². The lowest BCUT2D eigenvalue weighted by Crippen LogP contribution is -2.66. The molecule has 15 nitrogen and oxygen atoms in total. The van der Waals surface area contributed by atoms with Crippen molar-refractivity contribution in [3.05, 3.63) is 16.9 Å². The first-order valence-electron chi connectivity index (χ1n) is 13.5. The molecule has 3 saturated heterocycles. The van der Waals surface area contributed by atoms with E-state index in [2.05, 4.69) is 26.2 Å². The maximum Gasteiger partial charge on any atom is 0.353 e. The lowest BCUT2D eigenvalue weighted by molar-refractivity contribution is -0.158. The average molecular weight is 578 g/mol. The van der Waals surface area contributed by atoms with Crippen molar-refractivity contribution in [2.45, 2.75) is 75.1 Å². The highest BCUT2D eigenvalue weighted by Crippen LogP contribution is 2.51. The quantitative estimate of drug-likeness (QED) is 0.186. The minimum Gasteiger partial charge on any atom is -0.477 e. The number of fused-ring (bicyclic) bond motifs is 1. The van der Waals surface area contributed by atoms with E-state index < -0.39 is 24.0 Å². The Morgan fingerprint density at radius 2 is 2.10 bits per heavy atom. The first-order valence-corrected chi connectivity index (χ1v) is 14.4.